The lowest BCUT2D eigenvalue weighted by Gasteiger charge is -2.06. The van der Waals surface area contributed by atoms with Crippen LogP contribution in [-0.2, 0) is 0 Å². The molecule has 0 aromatic heterocycles. The first-order chi connectivity index (χ1) is 8.19. The molecule has 5 nitrogen and oxygen atoms in total. The fourth-order valence-corrected chi connectivity index (χ4v) is 1.36. The predicted molar refractivity (Wildman–Crippen MR) is 65.5 cm³/mol. The summed E-state index contributed by atoms with van der Waals surface area (Å²) in [4.78, 5) is 0. The maximum Gasteiger partial charge on any atom is 0.166 e. The van der Waals surface area contributed by atoms with Gasteiger partial charge in [0, 0.05) is 23.2 Å². The van der Waals surface area contributed by atoms with Gasteiger partial charge in [-0.25, -0.2) is 0 Å². The van der Waals surface area contributed by atoms with Crippen molar-refractivity contribution in [3.8, 4) is 17.6 Å². The summed E-state index contributed by atoms with van der Waals surface area (Å²) in [6.45, 7) is 0.450. The highest BCUT2D eigenvalue weighted by Crippen LogP contribution is 2.32. The smallest absolute Gasteiger partial charge is 0.166 e. The molecule has 1 rings (SSSR count). The van der Waals surface area contributed by atoms with Crippen molar-refractivity contribution in [3.63, 3.8) is 0 Å². The fourth-order valence-electron chi connectivity index (χ4n) is 1.14. The van der Waals surface area contributed by atoms with Crippen LogP contribution < -0.4 is 10.2 Å². The number of phenols is 1. The Bertz CT molecular complexity index is 455. The van der Waals surface area contributed by atoms with Crippen LogP contribution in [0.3, 0.4) is 0 Å². The van der Waals surface area contributed by atoms with E-state index in [0.717, 1.165) is 0 Å². The van der Waals surface area contributed by atoms with Crippen LogP contribution in [0.2, 0.25) is 5.02 Å². The Labute approximate surface area is 104 Å². The molecule has 0 amide bonds. The third-order valence-electron chi connectivity index (χ3n) is 1.93. The minimum absolute atomic E-state index is 0.0252. The van der Waals surface area contributed by atoms with Crippen LogP contribution in [0.4, 0.5) is 0 Å². The molecule has 0 atom stereocenters. The zero-order valence-corrected chi connectivity index (χ0v) is 10.0. The second-order valence-electron chi connectivity index (χ2n) is 3.12. The van der Waals surface area contributed by atoms with Crippen molar-refractivity contribution in [2.45, 2.75) is 6.42 Å². The van der Waals surface area contributed by atoms with Crippen molar-refractivity contribution in [2.24, 2.45) is 5.10 Å². The molecule has 1 aromatic rings. The summed E-state index contributed by atoms with van der Waals surface area (Å²) < 4.78 is 4.95. The van der Waals surface area contributed by atoms with E-state index >= 15 is 0 Å². The van der Waals surface area contributed by atoms with Gasteiger partial charge in [0.1, 0.15) is 0 Å². The van der Waals surface area contributed by atoms with Crippen LogP contribution in [0.5, 0.6) is 11.5 Å². The molecule has 0 saturated heterocycles. The molecule has 6 heteroatoms. The summed E-state index contributed by atoms with van der Waals surface area (Å²) in [5.41, 5.74) is 3.11. The summed E-state index contributed by atoms with van der Waals surface area (Å²) in [7, 11) is 1.44. The van der Waals surface area contributed by atoms with Crippen molar-refractivity contribution in [2.75, 3.05) is 13.7 Å². The minimum atomic E-state index is -0.0252. The van der Waals surface area contributed by atoms with Crippen LogP contribution >= 0.6 is 11.6 Å². The highest BCUT2D eigenvalue weighted by atomic mass is 35.5. The van der Waals surface area contributed by atoms with Crippen LogP contribution in [0.1, 0.15) is 12.0 Å². The number of nitriles is 1. The van der Waals surface area contributed by atoms with E-state index < -0.39 is 0 Å². The molecule has 17 heavy (non-hydrogen) atoms. The van der Waals surface area contributed by atoms with Gasteiger partial charge < -0.3 is 15.3 Å². The van der Waals surface area contributed by atoms with Crippen LogP contribution in [0.25, 0.3) is 0 Å². The van der Waals surface area contributed by atoms with Crippen LogP contribution in [0.15, 0.2) is 17.2 Å². The normalized spacial score (nSPS) is 10.2. The molecule has 2 N–H and O–H groups in total. The Balaban J connectivity index is 2.77. The number of methoxy groups -OCH3 is 1. The highest BCUT2D eigenvalue weighted by Gasteiger charge is 2.07. The number of aromatic hydroxyl groups is 1. The summed E-state index contributed by atoms with van der Waals surface area (Å²) >= 11 is 5.85. The molecule has 0 unspecified atom stereocenters. The van der Waals surface area contributed by atoms with E-state index in [1.165, 1.54) is 19.4 Å². The number of nitrogens with zero attached hydrogens (tertiary/aromatic N) is 2. The van der Waals surface area contributed by atoms with Crippen LogP contribution in [0, 0.1) is 11.3 Å². The minimum Gasteiger partial charge on any atom is -0.504 e. The van der Waals surface area contributed by atoms with Crippen LogP contribution in [-0.4, -0.2) is 25.0 Å². The molecule has 0 aliphatic carbocycles. The van der Waals surface area contributed by atoms with E-state index in [1.807, 2.05) is 6.07 Å². The predicted octanol–water partition coefficient (Wildman–Crippen LogP) is 1.89. The van der Waals surface area contributed by atoms with Gasteiger partial charge in [-0.15, -0.1) is 0 Å². The number of hydrogen-bond acceptors (Lipinski definition) is 5. The third-order valence-corrected chi connectivity index (χ3v) is 2.15. The van der Waals surface area contributed by atoms with E-state index in [2.05, 4.69) is 10.5 Å². The van der Waals surface area contributed by atoms with Gasteiger partial charge >= 0.3 is 0 Å². The number of phenolic OH excluding ortho intramolecular Hbond substituents is 1. The number of nitrogens with one attached hydrogen (secondary N) is 1. The number of hydrogen-bond donors (Lipinski definition) is 2. The number of benzene rings is 1. The molecular weight excluding hydrogens is 242 g/mol. The molecule has 1 aromatic carbocycles. The van der Waals surface area contributed by atoms with Crippen molar-refractivity contribution < 1.29 is 9.84 Å². The van der Waals surface area contributed by atoms with Crippen molar-refractivity contribution in [3.05, 3.63) is 22.7 Å². The quantitative estimate of drug-likeness (QED) is 0.477. The van der Waals surface area contributed by atoms with E-state index in [1.54, 1.807) is 6.07 Å². The number of hydrazone groups is 1. The molecule has 0 fully saturated rings. The third kappa shape index (κ3) is 3.85. The standard InChI is InChI=1S/C11H12ClN3O2/c1-17-10-6-9(12)5-8(11(10)16)7-15-14-4-2-3-13/h5-7,14,16H,2,4H2,1H3/b15-7-. The summed E-state index contributed by atoms with van der Waals surface area (Å²) in [6, 6.07) is 5.05. The Morgan fingerprint density at radius 2 is 2.41 bits per heavy atom. The zero-order valence-electron chi connectivity index (χ0n) is 9.27. The number of ether oxygens (including phenoxy) is 1. The van der Waals surface area contributed by atoms with Gasteiger partial charge in [0.05, 0.1) is 25.8 Å². The molecule has 90 valence electrons. The first-order valence-corrected chi connectivity index (χ1v) is 5.26. The molecule has 0 aliphatic rings. The number of halogens is 1. The van der Waals surface area contributed by atoms with E-state index in [-0.39, 0.29) is 11.5 Å². The first-order valence-electron chi connectivity index (χ1n) is 4.88. The van der Waals surface area contributed by atoms with Gasteiger partial charge in [0.25, 0.3) is 0 Å². The van der Waals surface area contributed by atoms with Crippen molar-refractivity contribution >= 4 is 17.8 Å². The fraction of sp³-hybridized carbons (Fsp3) is 0.273. The first kappa shape index (κ1) is 13.1. The van der Waals surface area contributed by atoms with Gasteiger partial charge in [-0.1, -0.05) is 11.6 Å². The molecular formula is C11H12ClN3O2. The second-order valence-corrected chi connectivity index (χ2v) is 3.56. The molecule has 0 saturated carbocycles. The Morgan fingerprint density at radius 1 is 1.65 bits per heavy atom. The van der Waals surface area contributed by atoms with Gasteiger partial charge in [0.15, 0.2) is 11.5 Å². The molecule has 0 spiro atoms. The molecule has 0 radical (unpaired) electrons. The summed E-state index contributed by atoms with van der Waals surface area (Å²) in [6.07, 6.45) is 1.78. The maximum absolute atomic E-state index is 9.76. The lowest BCUT2D eigenvalue weighted by atomic mass is 10.2. The SMILES string of the molecule is COc1cc(Cl)cc(/C=N\NCCC#N)c1O. The lowest BCUT2D eigenvalue weighted by Crippen LogP contribution is -2.06. The summed E-state index contributed by atoms with van der Waals surface area (Å²) in [5.74, 6) is 0.263. The maximum atomic E-state index is 9.76. The average Bonchev–Trinajstić information content (AvgIpc) is 2.32. The Kier molecular flexibility index (Phi) is 5.11. The zero-order chi connectivity index (χ0) is 12.7. The largest absolute Gasteiger partial charge is 0.504 e. The average molecular weight is 254 g/mol. The molecule has 0 heterocycles. The Morgan fingerprint density at radius 3 is 3.06 bits per heavy atom. The van der Waals surface area contributed by atoms with Crippen molar-refractivity contribution in [1.29, 1.82) is 5.26 Å². The molecule has 0 bridgehead atoms. The topological polar surface area (TPSA) is 77.6 Å². The van der Waals surface area contributed by atoms with E-state index in [4.69, 9.17) is 21.6 Å². The van der Waals surface area contributed by atoms with Gasteiger partial charge in [-0.2, -0.15) is 10.4 Å². The van der Waals surface area contributed by atoms with Gasteiger partial charge in [-0.05, 0) is 6.07 Å². The highest BCUT2D eigenvalue weighted by molar-refractivity contribution is 6.31. The Hall–Kier alpha value is -1.93. The van der Waals surface area contributed by atoms with Gasteiger partial charge in [0.2, 0.25) is 0 Å². The van der Waals surface area contributed by atoms with E-state index in [0.29, 0.717) is 23.6 Å². The second kappa shape index (κ2) is 6.61. The monoisotopic (exact) mass is 253 g/mol. The van der Waals surface area contributed by atoms with E-state index in [9.17, 15) is 5.11 Å². The van der Waals surface area contributed by atoms with Gasteiger partial charge in [-0.3, -0.25) is 0 Å². The van der Waals surface area contributed by atoms with Crippen molar-refractivity contribution in [1.82, 2.24) is 5.43 Å². The molecule has 0 aliphatic heterocycles. The number of rotatable bonds is 5. The lowest BCUT2D eigenvalue weighted by molar-refractivity contribution is 0.373. The summed E-state index contributed by atoms with van der Waals surface area (Å²) in [5, 5.41) is 22.4.